The van der Waals surface area contributed by atoms with Gasteiger partial charge in [-0.25, -0.2) is 9.97 Å². The van der Waals surface area contributed by atoms with Crippen LogP contribution in [0.2, 0.25) is 5.02 Å². The average Bonchev–Trinajstić information content (AvgIpc) is 2.55. The third-order valence-corrected chi connectivity index (χ3v) is 3.30. The third kappa shape index (κ3) is 3.62. The minimum Gasteiger partial charge on any atom is -0.437 e. The maximum absolute atomic E-state index is 13.2. The summed E-state index contributed by atoms with van der Waals surface area (Å²) in [4.78, 5) is 15.8. The molecule has 0 atom stereocenters. The van der Waals surface area contributed by atoms with Crippen molar-refractivity contribution in [1.82, 2.24) is 19.9 Å². The Labute approximate surface area is 141 Å². The summed E-state index contributed by atoms with van der Waals surface area (Å²) in [5.41, 5.74) is 0.900. The predicted molar refractivity (Wildman–Crippen MR) is 84.2 cm³/mol. The minimum atomic E-state index is -3.01. The average molecular weight is 349 g/mol. The second kappa shape index (κ2) is 6.45. The first-order valence-electron chi connectivity index (χ1n) is 6.86. The first-order chi connectivity index (χ1) is 11.4. The number of halogens is 3. The molecule has 3 heterocycles. The first kappa shape index (κ1) is 16.2. The molecule has 0 aliphatic rings. The van der Waals surface area contributed by atoms with Crippen LogP contribution in [0, 0.1) is 0 Å². The molecule has 0 spiro atoms. The molecule has 3 aromatic heterocycles. The van der Waals surface area contributed by atoms with E-state index in [0.29, 0.717) is 16.1 Å². The SMILES string of the molecule is CC(F)(F)c1ccc(Oc2ncncc2-c2cncc(Cl)c2)cn1. The van der Waals surface area contributed by atoms with Crippen LogP contribution < -0.4 is 4.74 Å². The van der Waals surface area contributed by atoms with Gasteiger partial charge in [0.1, 0.15) is 17.8 Å². The van der Waals surface area contributed by atoms with E-state index in [1.807, 2.05) is 0 Å². The van der Waals surface area contributed by atoms with Gasteiger partial charge in [-0.05, 0) is 18.2 Å². The molecule has 5 nitrogen and oxygen atoms in total. The fourth-order valence-corrected chi connectivity index (χ4v) is 2.14. The molecule has 0 aliphatic heterocycles. The lowest BCUT2D eigenvalue weighted by atomic mass is 10.1. The van der Waals surface area contributed by atoms with Crippen molar-refractivity contribution in [2.75, 3.05) is 0 Å². The summed E-state index contributed by atoms with van der Waals surface area (Å²) in [5, 5.41) is 0.457. The van der Waals surface area contributed by atoms with Crippen LogP contribution in [-0.4, -0.2) is 19.9 Å². The summed E-state index contributed by atoms with van der Waals surface area (Å²) < 4.78 is 32.0. The summed E-state index contributed by atoms with van der Waals surface area (Å²) in [7, 11) is 0. The number of nitrogens with zero attached hydrogens (tertiary/aromatic N) is 4. The second-order valence-electron chi connectivity index (χ2n) is 5.00. The summed E-state index contributed by atoms with van der Waals surface area (Å²) >= 11 is 5.94. The third-order valence-electron chi connectivity index (χ3n) is 3.09. The van der Waals surface area contributed by atoms with E-state index in [4.69, 9.17) is 16.3 Å². The van der Waals surface area contributed by atoms with Crippen LogP contribution in [0.5, 0.6) is 11.6 Å². The van der Waals surface area contributed by atoms with Gasteiger partial charge >= 0.3 is 0 Å². The molecular formula is C16H11ClF2N4O. The molecule has 0 aromatic carbocycles. The van der Waals surface area contributed by atoms with Crippen molar-refractivity contribution in [1.29, 1.82) is 0 Å². The van der Waals surface area contributed by atoms with Crippen LogP contribution in [-0.2, 0) is 5.92 Å². The summed E-state index contributed by atoms with van der Waals surface area (Å²) in [6.45, 7) is 0.782. The maximum Gasteiger partial charge on any atom is 0.286 e. The molecule has 0 unspecified atom stereocenters. The Morgan fingerprint density at radius 1 is 1.04 bits per heavy atom. The van der Waals surface area contributed by atoms with Gasteiger partial charge in [-0.15, -0.1) is 0 Å². The Morgan fingerprint density at radius 2 is 1.88 bits per heavy atom. The molecule has 0 saturated heterocycles. The Morgan fingerprint density at radius 3 is 2.54 bits per heavy atom. The maximum atomic E-state index is 13.2. The van der Waals surface area contributed by atoms with Crippen molar-refractivity contribution in [2.45, 2.75) is 12.8 Å². The quantitative estimate of drug-likeness (QED) is 0.695. The van der Waals surface area contributed by atoms with Gasteiger partial charge in [0.05, 0.1) is 16.8 Å². The van der Waals surface area contributed by atoms with E-state index in [1.165, 1.54) is 30.9 Å². The van der Waals surface area contributed by atoms with Crippen molar-refractivity contribution in [3.8, 4) is 22.8 Å². The molecule has 0 fully saturated rings. The zero-order valence-electron chi connectivity index (χ0n) is 12.4. The zero-order chi connectivity index (χ0) is 17.2. The van der Waals surface area contributed by atoms with Crippen LogP contribution in [0.15, 0.2) is 49.3 Å². The minimum absolute atomic E-state index is 0.242. The highest BCUT2D eigenvalue weighted by Gasteiger charge is 2.25. The Hall–Kier alpha value is -2.67. The molecule has 24 heavy (non-hydrogen) atoms. The van der Waals surface area contributed by atoms with Crippen molar-refractivity contribution in [2.24, 2.45) is 0 Å². The van der Waals surface area contributed by atoms with Crippen LogP contribution in [0.3, 0.4) is 0 Å². The second-order valence-corrected chi connectivity index (χ2v) is 5.44. The lowest BCUT2D eigenvalue weighted by Gasteiger charge is -2.11. The normalized spacial score (nSPS) is 11.3. The summed E-state index contributed by atoms with van der Waals surface area (Å²) in [6.07, 6.45) is 7.19. The van der Waals surface area contributed by atoms with Gasteiger partial charge in [0.15, 0.2) is 0 Å². The lowest BCUT2D eigenvalue weighted by Crippen LogP contribution is -2.09. The van der Waals surface area contributed by atoms with Crippen molar-refractivity contribution < 1.29 is 13.5 Å². The zero-order valence-corrected chi connectivity index (χ0v) is 13.2. The molecule has 0 N–H and O–H groups in total. The highest BCUT2D eigenvalue weighted by atomic mass is 35.5. The number of alkyl halides is 2. The van der Waals surface area contributed by atoms with Gasteiger partial charge in [-0.2, -0.15) is 8.78 Å². The Kier molecular flexibility index (Phi) is 4.35. The molecule has 0 bridgehead atoms. The molecular weight excluding hydrogens is 338 g/mol. The monoisotopic (exact) mass is 348 g/mol. The number of pyridine rings is 2. The Bertz CT molecular complexity index is 853. The van der Waals surface area contributed by atoms with E-state index in [-0.39, 0.29) is 17.3 Å². The molecule has 122 valence electrons. The van der Waals surface area contributed by atoms with Crippen LogP contribution in [0.25, 0.3) is 11.1 Å². The molecule has 3 rings (SSSR count). The molecule has 8 heteroatoms. The van der Waals surface area contributed by atoms with Crippen LogP contribution in [0.4, 0.5) is 8.78 Å². The number of aromatic nitrogens is 4. The molecule has 3 aromatic rings. The predicted octanol–water partition coefficient (Wildman–Crippen LogP) is 4.49. The number of hydrogen-bond donors (Lipinski definition) is 0. The highest BCUT2D eigenvalue weighted by molar-refractivity contribution is 6.30. The van der Waals surface area contributed by atoms with Gasteiger partial charge in [-0.3, -0.25) is 9.97 Å². The van der Waals surface area contributed by atoms with Gasteiger partial charge < -0.3 is 4.74 Å². The smallest absolute Gasteiger partial charge is 0.286 e. The van der Waals surface area contributed by atoms with Crippen LogP contribution >= 0.6 is 11.6 Å². The van der Waals surface area contributed by atoms with Crippen molar-refractivity contribution in [3.05, 3.63) is 60.0 Å². The Balaban J connectivity index is 1.91. The van der Waals surface area contributed by atoms with Gasteiger partial charge in [0.25, 0.3) is 5.92 Å². The molecule has 0 saturated carbocycles. The summed E-state index contributed by atoms with van der Waals surface area (Å²) in [6, 6.07) is 4.30. The standard InChI is InChI=1S/C16H11ClF2N4O/c1-16(18,19)14-3-2-12(7-22-14)24-15-13(8-21-9-23-15)10-4-11(17)6-20-5-10/h2-9H,1H3. The van der Waals surface area contributed by atoms with E-state index in [1.54, 1.807) is 18.5 Å². The molecule has 0 aliphatic carbocycles. The van der Waals surface area contributed by atoms with E-state index < -0.39 is 5.92 Å². The van der Waals surface area contributed by atoms with Crippen LogP contribution in [0.1, 0.15) is 12.6 Å². The van der Waals surface area contributed by atoms with Gasteiger partial charge in [-0.1, -0.05) is 11.6 Å². The largest absolute Gasteiger partial charge is 0.437 e. The molecule has 0 radical (unpaired) electrons. The van der Waals surface area contributed by atoms with Gasteiger partial charge in [0, 0.05) is 31.1 Å². The fraction of sp³-hybridized carbons (Fsp3) is 0.125. The number of rotatable bonds is 4. The molecule has 0 amide bonds. The van der Waals surface area contributed by atoms with E-state index in [2.05, 4.69) is 19.9 Å². The topological polar surface area (TPSA) is 60.8 Å². The van der Waals surface area contributed by atoms with E-state index >= 15 is 0 Å². The van der Waals surface area contributed by atoms with Gasteiger partial charge in [0.2, 0.25) is 5.88 Å². The van der Waals surface area contributed by atoms with Crippen molar-refractivity contribution >= 4 is 11.6 Å². The first-order valence-corrected chi connectivity index (χ1v) is 7.24. The number of hydrogen-bond acceptors (Lipinski definition) is 5. The lowest BCUT2D eigenvalue weighted by molar-refractivity contribution is 0.0127. The number of ether oxygens (including phenoxy) is 1. The van der Waals surface area contributed by atoms with E-state index in [0.717, 1.165) is 6.92 Å². The van der Waals surface area contributed by atoms with E-state index in [9.17, 15) is 8.78 Å². The fourth-order valence-electron chi connectivity index (χ4n) is 1.97. The summed E-state index contributed by atoms with van der Waals surface area (Å²) in [5.74, 6) is -2.49. The van der Waals surface area contributed by atoms with Crippen molar-refractivity contribution in [3.63, 3.8) is 0 Å². The highest BCUT2D eigenvalue weighted by Crippen LogP contribution is 2.32.